The Bertz CT molecular complexity index is 168. The fourth-order valence-corrected chi connectivity index (χ4v) is 0.207. The van der Waals surface area contributed by atoms with Crippen molar-refractivity contribution in [3.63, 3.8) is 0 Å². The van der Waals surface area contributed by atoms with Crippen molar-refractivity contribution in [3.8, 4) is 6.19 Å². The van der Waals surface area contributed by atoms with Crippen LogP contribution in [0.3, 0.4) is 0 Å². The third-order valence-electron chi connectivity index (χ3n) is 0.451. The van der Waals surface area contributed by atoms with E-state index in [9.17, 15) is 0 Å². The van der Waals surface area contributed by atoms with Gasteiger partial charge < -0.3 is 0 Å². The van der Waals surface area contributed by atoms with E-state index >= 15 is 0 Å². The van der Waals surface area contributed by atoms with Gasteiger partial charge in [-0.25, -0.2) is 0 Å². The van der Waals surface area contributed by atoms with Gasteiger partial charge in [-0.15, -0.1) is 9.78 Å². The van der Waals surface area contributed by atoms with Crippen molar-refractivity contribution in [1.29, 1.82) is 5.26 Å². The monoisotopic (exact) mass is 95.0 g/mol. The van der Waals surface area contributed by atoms with Gasteiger partial charge in [-0.3, -0.25) is 0 Å². The van der Waals surface area contributed by atoms with Gasteiger partial charge in [0, 0.05) is 0 Å². The second kappa shape index (κ2) is 1.34. The fraction of sp³-hybridized carbons (Fsp3) is 0. The van der Waals surface area contributed by atoms with Gasteiger partial charge in [-0.05, 0) is 10.4 Å². The fourth-order valence-electron chi connectivity index (χ4n) is 0.207. The predicted octanol–water partition coefficient (Wildman–Crippen LogP) is -0.998. The molecule has 1 rings (SSSR count). The zero-order valence-corrected chi connectivity index (χ0v) is 3.31. The maximum Gasteiger partial charge on any atom is 0.209 e. The second-order valence-electron chi connectivity index (χ2n) is 0.854. The normalized spacial score (nSPS) is 7.86. The first-order valence-electron chi connectivity index (χ1n) is 1.56. The molecule has 0 saturated carbocycles. The summed E-state index contributed by atoms with van der Waals surface area (Å²) in [5, 5.41) is 17.6. The van der Waals surface area contributed by atoms with E-state index in [1.807, 2.05) is 0 Å². The highest BCUT2D eigenvalue weighted by Gasteiger charge is 1.80. The van der Waals surface area contributed by atoms with Crippen molar-refractivity contribution in [2.75, 3.05) is 0 Å². The summed E-state index contributed by atoms with van der Waals surface area (Å²) in [6.45, 7) is 0. The summed E-state index contributed by atoms with van der Waals surface area (Å²) in [7, 11) is 0. The van der Waals surface area contributed by atoms with Crippen LogP contribution in [0.4, 0.5) is 0 Å². The molecule has 1 heterocycles. The lowest BCUT2D eigenvalue weighted by Gasteiger charge is -1.66. The minimum atomic E-state index is 0.958. The lowest BCUT2D eigenvalue weighted by Crippen LogP contribution is -1.86. The lowest BCUT2D eigenvalue weighted by atomic mass is 11.2. The first-order valence-corrected chi connectivity index (χ1v) is 1.56. The number of aromatic nitrogens is 4. The average molecular weight is 95.1 g/mol. The quantitative estimate of drug-likeness (QED) is 0.414. The predicted molar refractivity (Wildman–Crippen MR) is 18.8 cm³/mol. The summed E-state index contributed by atoms with van der Waals surface area (Å²) in [5.74, 6) is 0. The molecule has 0 atom stereocenters. The molecule has 0 bridgehead atoms. The van der Waals surface area contributed by atoms with Crippen molar-refractivity contribution in [3.05, 3.63) is 6.33 Å². The van der Waals surface area contributed by atoms with Gasteiger partial charge in [0.15, 0.2) is 6.33 Å². The molecule has 0 fully saturated rings. The number of nitriles is 1. The second-order valence-corrected chi connectivity index (χ2v) is 0.854. The Kier molecular flexibility index (Phi) is 0.717. The highest BCUT2D eigenvalue weighted by atomic mass is 15.5. The van der Waals surface area contributed by atoms with Gasteiger partial charge in [-0.1, -0.05) is 0 Å². The standard InChI is InChI=1S/C2HN5/c3-1-7-2-4-5-6-7/h2H. The van der Waals surface area contributed by atoms with Crippen molar-refractivity contribution in [2.45, 2.75) is 0 Å². The molecule has 34 valence electrons. The van der Waals surface area contributed by atoms with Gasteiger partial charge in [0.25, 0.3) is 0 Å². The molecule has 0 saturated heterocycles. The van der Waals surface area contributed by atoms with E-state index in [2.05, 4.69) is 15.5 Å². The largest absolute Gasteiger partial charge is 0.209 e. The molecule has 5 heteroatoms. The molecule has 0 spiro atoms. The van der Waals surface area contributed by atoms with Gasteiger partial charge in [-0.2, -0.15) is 5.26 Å². The van der Waals surface area contributed by atoms with Crippen molar-refractivity contribution >= 4 is 0 Å². The Balaban J connectivity index is 3.04. The van der Waals surface area contributed by atoms with Crippen LogP contribution in [0, 0.1) is 11.5 Å². The minimum absolute atomic E-state index is 0.958. The summed E-state index contributed by atoms with van der Waals surface area (Å²) >= 11 is 0. The van der Waals surface area contributed by atoms with E-state index in [1.165, 1.54) is 6.33 Å². The Morgan fingerprint density at radius 1 is 1.71 bits per heavy atom. The van der Waals surface area contributed by atoms with Crippen molar-refractivity contribution < 1.29 is 0 Å². The van der Waals surface area contributed by atoms with E-state index in [0.29, 0.717) is 0 Å². The highest BCUT2D eigenvalue weighted by Crippen LogP contribution is 1.63. The molecule has 0 amide bonds. The molecule has 0 radical (unpaired) electrons. The van der Waals surface area contributed by atoms with Crippen LogP contribution >= 0.6 is 0 Å². The Morgan fingerprint density at radius 3 is 2.86 bits per heavy atom. The first kappa shape index (κ1) is 3.74. The van der Waals surface area contributed by atoms with Crippen LogP contribution in [0.5, 0.6) is 0 Å². The molecule has 0 aliphatic rings. The zero-order valence-electron chi connectivity index (χ0n) is 3.31. The van der Waals surface area contributed by atoms with Crippen LogP contribution < -0.4 is 0 Å². The van der Waals surface area contributed by atoms with Crippen LogP contribution in [0.1, 0.15) is 0 Å². The Labute approximate surface area is 39.2 Å². The van der Waals surface area contributed by atoms with Crippen LogP contribution in [-0.4, -0.2) is 20.2 Å². The molecule has 0 unspecified atom stereocenters. The smallest absolute Gasteiger partial charge is 0.170 e. The number of rotatable bonds is 0. The molecular weight excluding hydrogens is 94.1 g/mol. The molecular formula is C2HN5. The maximum atomic E-state index is 8.00. The zero-order chi connectivity index (χ0) is 5.11. The number of hydrogen-bond donors (Lipinski definition) is 0. The molecule has 7 heavy (non-hydrogen) atoms. The van der Waals surface area contributed by atoms with Crippen molar-refractivity contribution in [2.24, 2.45) is 0 Å². The maximum absolute atomic E-state index is 8.00. The van der Waals surface area contributed by atoms with Crippen molar-refractivity contribution in [1.82, 2.24) is 20.2 Å². The number of nitrogens with zero attached hydrogens (tertiary/aromatic N) is 5. The summed E-state index contributed by atoms with van der Waals surface area (Å²) in [4.78, 5) is 0. The molecule has 0 aliphatic carbocycles. The summed E-state index contributed by atoms with van der Waals surface area (Å²) < 4.78 is 0.958. The third kappa shape index (κ3) is 0.523. The Morgan fingerprint density at radius 2 is 2.57 bits per heavy atom. The molecule has 0 aliphatic heterocycles. The molecule has 1 aromatic rings. The van der Waals surface area contributed by atoms with Gasteiger partial charge in [0.1, 0.15) is 0 Å². The van der Waals surface area contributed by atoms with Crippen LogP contribution in [-0.2, 0) is 0 Å². The van der Waals surface area contributed by atoms with E-state index in [-0.39, 0.29) is 0 Å². The highest BCUT2D eigenvalue weighted by molar-refractivity contribution is 4.69. The van der Waals surface area contributed by atoms with E-state index in [0.717, 1.165) is 4.68 Å². The average Bonchev–Trinajstić information content (AvgIpc) is 2.14. The molecule has 0 N–H and O–H groups in total. The number of hydrogen-bond acceptors (Lipinski definition) is 4. The molecule has 0 aromatic carbocycles. The van der Waals surface area contributed by atoms with E-state index < -0.39 is 0 Å². The third-order valence-corrected chi connectivity index (χ3v) is 0.451. The summed E-state index contributed by atoms with van der Waals surface area (Å²) in [5.41, 5.74) is 0. The van der Waals surface area contributed by atoms with Gasteiger partial charge >= 0.3 is 0 Å². The van der Waals surface area contributed by atoms with Crippen LogP contribution in [0.25, 0.3) is 0 Å². The van der Waals surface area contributed by atoms with E-state index in [4.69, 9.17) is 5.26 Å². The topological polar surface area (TPSA) is 67.4 Å². The Hall–Kier alpha value is -1.44. The van der Waals surface area contributed by atoms with Gasteiger partial charge in [0.05, 0.1) is 0 Å². The van der Waals surface area contributed by atoms with Crippen LogP contribution in [0.15, 0.2) is 6.33 Å². The van der Waals surface area contributed by atoms with E-state index in [1.54, 1.807) is 6.19 Å². The van der Waals surface area contributed by atoms with Gasteiger partial charge in [0.2, 0.25) is 6.19 Å². The molecule has 5 nitrogen and oxygen atoms in total. The minimum Gasteiger partial charge on any atom is -0.170 e. The van der Waals surface area contributed by atoms with Crippen LogP contribution in [0.2, 0.25) is 0 Å². The summed E-state index contributed by atoms with van der Waals surface area (Å²) in [6.07, 6.45) is 2.91. The lowest BCUT2D eigenvalue weighted by molar-refractivity contribution is 0.799. The SMILES string of the molecule is N#Cn1cnnn1. The molecule has 1 aromatic heterocycles. The number of tetrazole rings is 1. The first-order chi connectivity index (χ1) is 3.43. The summed E-state index contributed by atoms with van der Waals surface area (Å²) in [6, 6.07) is 0.